The van der Waals surface area contributed by atoms with Crippen LogP contribution in [0, 0.1) is 6.42 Å². The smallest absolute Gasteiger partial charge is 0.119 e. The van der Waals surface area contributed by atoms with E-state index in [-0.39, 0.29) is 109 Å². The number of methoxy groups -OCH3 is 1. The summed E-state index contributed by atoms with van der Waals surface area (Å²) in [6, 6.07) is 16.0. The Kier molecular flexibility index (Phi) is 34.3. The Morgan fingerprint density at radius 1 is 0.775 bits per heavy atom. The standard InChI is InChI=1S/C22H28O5.C7H13O2.4W/c1-5-14-26-27-16-19(23)15-25-21-12-8-18(9-13-21)22(2,3)17-6-10-20(24-4)11-7-17;1-3-5-7-9-8-6-4-2;;;;/h5-13,19,23H,1,14-16H2,2-4H3;4-5H,2-3,6-7H2,1H3;;;;/q;-1;;;;. The van der Waals surface area contributed by atoms with Gasteiger partial charge in [0.25, 0.3) is 0 Å². The molecule has 1 atom stereocenters. The van der Waals surface area contributed by atoms with Gasteiger partial charge in [0.1, 0.15) is 37.4 Å². The molecular formula is C29H41O7W4-. The van der Waals surface area contributed by atoms with E-state index in [0.717, 1.165) is 12.2 Å². The van der Waals surface area contributed by atoms with Crippen LogP contribution in [0.5, 0.6) is 11.5 Å². The largest absolute Gasteiger partial charge is 0.497 e. The first kappa shape index (κ1) is 47.0. The molecule has 0 radical (unpaired) electrons. The maximum atomic E-state index is 9.82. The van der Waals surface area contributed by atoms with Gasteiger partial charge in [-0.15, -0.1) is 13.2 Å². The first-order valence-corrected chi connectivity index (χ1v) is 12.0. The quantitative estimate of drug-likeness (QED) is 0.0726. The number of benzene rings is 2. The van der Waals surface area contributed by atoms with Gasteiger partial charge in [-0.2, -0.15) is 6.42 Å². The van der Waals surface area contributed by atoms with Crippen molar-refractivity contribution in [3.05, 3.63) is 91.4 Å². The van der Waals surface area contributed by atoms with Crippen molar-refractivity contribution >= 4 is 0 Å². The zero-order chi connectivity index (χ0) is 26.7. The molecular weight excluding hydrogens is 1200 g/mol. The number of aliphatic hydroxyl groups excluding tert-OH is 1. The Labute approximate surface area is 297 Å². The Balaban J connectivity index is -0.000000434. The summed E-state index contributed by atoms with van der Waals surface area (Å²) >= 11 is 0. The minimum absolute atomic E-state index is 0. The number of unbranched alkanes of at least 4 members (excludes halogenated alkanes) is 1. The molecule has 0 fully saturated rings. The minimum Gasteiger partial charge on any atom is -0.497 e. The van der Waals surface area contributed by atoms with Crippen LogP contribution in [0.25, 0.3) is 0 Å². The fourth-order valence-corrected chi connectivity index (χ4v) is 2.92. The number of aliphatic hydroxyl groups is 1. The van der Waals surface area contributed by atoms with E-state index >= 15 is 0 Å². The number of ether oxygens (including phenoxy) is 2. The van der Waals surface area contributed by atoms with Gasteiger partial charge in [0, 0.05) is 89.7 Å². The first-order valence-electron chi connectivity index (χ1n) is 12.0. The van der Waals surface area contributed by atoms with Crippen LogP contribution in [0.15, 0.2) is 73.8 Å². The van der Waals surface area contributed by atoms with Crippen molar-refractivity contribution in [3.8, 4) is 11.5 Å². The van der Waals surface area contributed by atoms with E-state index < -0.39 is 6.10 Å². The molecule has 224 valence electrons. The summed E-state index contributed by atoms with van der Waals surface area (Å²) in [5.41, 5.74) is 2.21. The van der Waals surface area contributed by atoms with Gasteiger partial charge in [0.05, 0.1) is 13.7 Å². The van der Waals surface area contributed by atoms with E-state index in [1.165, 1.54) is 11.1 Å². The monoisotopic (exact) mass is 1240 g/mol. The summed E-state index contributed by atoms with van der Waals surface area (Å²) in [6.07, 6.45) is 5.44. The molecule has 0 bridgehead atoms. The SMILES string of the molecule is C=CCOOCC(O)COc1ccc(C(C)(C)c2ccc(OC)cc2)cc1.C=CCOOC[CH-]CC.[W].[W].[W].[W]. The van der Waals surface area contributed by atoms with E-state index in [0.29, 0.717) is 19.0 Å². The molecule has 0 aliphatic carbocycles. The topological polar surface area (TPSA) is 75.6 Å². The number of hydrogen-bond donors (Lipinski definition) is 1. The number of hydrogen-bond acceptors (Lipinski definition) is 7. The van der Waals surface area contributed by atoms with Crippen LogP contribution in [-0.4, -0.2) is 51.4 Å². The van der Waals surface area contributed by atoms with Crippen LogP contribution in [0.4, 0.5) is 0 Å². The molecule has 0 aromatic heterocycles. The Bertz CT molecular complexity index is 850. The van der Waals surface area contributed by atoms with Gasteiger partial charge < -0.3 is 21.0 Å². The molecule has 7 nitrogen and oxygen atoms in total. The summed E-state index contributed by atoms with van der Waals surface area (Å²) in [7, 11) is 1.66. The molecule has 0 heterocycles. The summed E-state index contributed by atoms with van der Waals surface area (Å²) in [6.45, 7) is 14.8. The van der Waals surface area contributed by atoms with Crippen molar-refractivity contribution in [2.75, 3.05) is 40.1 Å². The molecule has 0 saturated heterocycles. The number of rotatable bonds is 17. The zero-order valence-corrected chi connectivity index (χ0v) is 35.3. The summed E-state index contributed by atoms with van der Waals surface area (Å²) < 4.78 is 10.8. The van der Waals surface area contributed by atoms with Crippen LogP contribution in [0.2, 0.25) is 0 Å². The van der Waals surface area contributed by atoms with Crippen LogP contribution in [0.1, 0.15) is 38.3 Å². The zero-order valence-electron chi connectivity index (χ0n) is 23.6. The maximum Gasteiger partial charge on any atom is 0.119 e. The van der Waals surface area contributed by atoms with E-state index in [1.54, 1.807) is 19.3 Å². The van der Waals surface area contributed by atoms with Gasteiger partial charge >= 0.3 is 0 Å². The second-order valence-corrected chi connectivity index (χ2v) is 8.26. The fraction of sp³-hybridized carbons (Fsp3) is 0.414. The third kappa shape index (κ3) is 20.1. The molecule has 0 saturated carbocycles. The van der Waals surface area contributed by atoms with Crippen molar-refractivity contribution in [3.63, 3.8) is 0 Å². The van der Waals surface area contributed by atoms with E-state index in [2.05, 4.69) is 55.8 Å². The molecule has 2 aromatic rings. The second-order valence-electron chi connectivity index (χ2n) is 8.26. The normalized spacial score (nSPS) is 10.5. The molecule has 0 amide bonds. The van der Waals surface area contributed by atoms with E-state index in [1.807, 2.05) is 42.8 Å². The van der Waals surface area contributed by atoms with Crippen molar-refractivity contribution < 1.29 is 118 Å². The molecule has 2 aromatic carbocycles. The Morgan fingerprint density at radius 2 is 1.25 bits per heavy atom. The molecule has 1 unspecified atom stereocenters. The molecule has 1 N–H and O–H groups in total. The molecule has 0 aliphatic rings. The summed E-state index contributed by atoms with van der Waals surface area (Å²) in [5, 5.41) is 9.82. The maximum absolute atomic E-state index is 9.82. The third-order valence-electron chi connectivity index (χ3n) is 5.10. The van der Waals surface area contributed by atoms with Gasteiger partial charge in [0.2, 0.25) is 0 Å². The van der Waals surface area contributed by atoms with Gasteiger partial charge in [-0.1, -0.05) is 57.2 Å². The van der Waals surface area contributed by atoms with Gasteiger partial charge in [-0.3, -0.25) is 4.89 Å². The van der Waals surface area contributed by atoms with Crippen molar-refractivity contribution in [1.82, 2.24) is 0 Å². The third-order valence-corrected chi connectivity index (χ3v) is 5.10. The molecule has 11 heteroatoms. The van der Waals surface area contributed by atoms with E-state index in [4.69, 9.17) is 19.2 Å². The summed E-state index contributed by atoms with van der Waals surface area (Å²) in [4.78, 5) is 18.9. The van der Waals surface area contributed by atoms with Crippen LogP contribution in [0.3, 0.4) is 0 Å². The van der Waals surface area contributed by atoms with E-state index in [9.17, 15) is 5.11 Å². The van der Waals surface area contributed by atoms with Crippen LogP contribution in [-0.2, 0) is 109 Å². The second kappa shape index (κ2) is 29.2. The van der Waals surface area contributed by atoms with Gasteiger partial charge in [-0.05, 0) is 42.0 Å². The van der Waals surface area contributed by atoms with Crippen molar-refractivity contribution in [2.24, 2.45) is 0 Å². The van der Waals surface area contributed by atoms with Crippen molar-refractivity contribution in [2.45, 2.75) is 38.7 Å². The molecule has 40 heavy (non-hydrogen) atoms. The first-order chi connectivity index (χ1) is 17.4. The average Bonchev–Trinajstić information content (AvgIpc) is 2.90. The van der Waals surface area contributed by atoms with Gasteiger partial charge in [-0.25, -0.2) is 14.7 Å². The van der Waals surface area contributed by atoms with Gasteiger partial charge in [0.15, 0.2) is 0 Å². The van der Waals surface area contributed by atoms with Crippen molar-refractivity contribution in [1.29, 1.82) is 0 Å². The van der Waals surface area contributed by atoms with Crippen LogP contribution >= 0.6 is 0 Å². The summed E-state index contributed by atoms with van der Waals surface area (Å²) in [5.74, 6) is 1.53. The molecule has 0 spiro atoms. The predicted molar refractivity (Wildman–Crippen MR) is 142 cm³/mol. The Hall–Kier alpha value is 0.0732. The minimum atomic E-state index is -0.773. The molecule has 0 aliphatic heterocycles. The molecule has 2 rings (SSSR count). The predicted octanol–water partition coefficient (Wildman–Crippen LogP) is 5.62. The Morgan fingerprint density at radius 3 is 1.70 bits per heavy atom. The average molecular weight is 1240 g/mol. The van der Waals surface area contributed by atoms with Crippen LogP contribution < -0.4 is 9.47 Å². The fourth-order valence-electron chi connectivity index (χ4n) is 2.92.